The van der Waals surface area contributed by atoms with Gasteiger partial charge in [-0.25, -0.2) is 8.78 Å². The average Bonchev–Trinajstić information content (AvgIpc) is 2.69. The van der Waals surface area contributed by atoms with Crippen molar-refractivity contribution in [2.45, 2.75) is 19.3 Å². The number of nitrogens with zero attached hydrogens (tertiary/aromatic N) is 4. The molecule has 1 heterocycles. The summed E-state index contributed by atoms with van der Waals surface area (Å²) < 4.78 is 29.5. The van der Waals surface area contributed by atoms with Crippen LogP contribution in [0, 0.1) is 57.0 Å². The van der Waals surface area contributed by atoms with Gasteiger partial charge >= 0.3 is 0 Å². The zero-order valence-corrected chi connectivity index (χ0v) is 15.4. The largest absolute Gasteiger partial charge is 0.399 e. The second-order valence-electron chi connectivity index (χ2n) is 7.07. The second-order valence-corrected chi connectivity index (χ2v) is 7.07. The summed E-state index contributed by atoms with van der Waals surface area (Å²) in [4.78, 5) is 2.08. The summed E-state index contributed by atoms with van der Waals surface area (Å²) in [5.41, 5.74) is 4.15. The van der Waals surface area contributed by atoms with Crippen LogP contribution in [-0.2, 0) is 0 Å². The molecule has 0 unspecified atom stereocenters. The van der Waals surface area contributed by atoms with E-state index in [1.807, 2.05) is 31.2 Å². The minimum atomic E-state index is -2.04. The number of halogens is 2. The van der Waals surface area contributed by atoms with Crippen LogP contribution in [0.1, 0.15) is 24.8 Å². The van der Waals surface area contributed by atoms with Gasteiger partial charge in [-0.2, -0.15) is 15.8 Å². The van der Waals surface area contributed by atoms with Crippen LogP contribution >= 0.6 is 0 Å². The first-order chi connectivity index (χ1) is 13.4. The van der Waals surface area contributed by atoms with E-state index >= 15 is 0 Å². The summed E-state index contributed by atoms with van der Waals surface area (Å²) in [6, 6.07) is 9.23. The Hall–Kier alpha value is -3.21. The molecule has 2 aliphatic rings. The highest BCUT2D eigenvalue weighted by Gasteiger charge is 2.55. The molecule has 0 saturated heterocycles. The van der Waals surface area contributed by atoms with E-state index in [1.54, 1.807) is 0 Å². The molecule has 0 amide bonds. The molecule has 1 aromatic carbocycles. The van der Waals surface area contributed by atoms with E-state index in [-0.39, 0.29) is 16.8 Å². The van der Waals surface area contributed by atoms with Crippen molar-refractivity contribution in [3.8, 4) is 18.2 Å². The number of hydrogen-bond donors (Lipinski definition) is 1. The molecule has 3 rings (SSSR count). The van der Waals surface area contributed by atoms with Gasteiger partial charge in [0.25, 0.3) is 0 Å². The van der Waals surface area contributed by atoms with Crippen molar-refractivity contribution in [2.75, 3.05) is 19.6 Å². The fraction of sp³-hybridized carbons (Fsp3) is 0.381. The third-order valence-corrected chi connectivity index (χ3v) is 5.59. The van der Waals surface area contributed by atoms with E-state index in [0.717, 1.165) is 25.1 Å². The predicted octanol–water partition coefficient (Wildman–Crippen LogP) is 3.10. The summed E-state index contributed by atoms with van der Waals surface area (Å²) in [7, 11) is 0. The average molecular weight is 379 g/mol. The molecule has 0 spiro atoms. The topological polar surface area (TPSA) is 101 Å². The Bertz CT molecular complexity index is 955. The molecule has 0 radical (unpaired) electrons. The molecule has 142 valence electrons. The lowest BCUT2D eigenvalue weighted by Crippen LogP contribution is -2.48. The first-order valence-corrected chi connectivity index (χ1v) is 9.04. The van der Waals surface area contributed by atoms with E-state index in [9.17, 15) is 24.6 Å². The van der Waals surface area contributed by atoms with E-state index in [0.29, 0.717) is 18.7 Å². The Kier molecular flexibility index (Phi) is 5.18. The SMILES string of the molecule is CCCN1CC=C2C(C#N)=C(N)C(C#N)(C#N)[C@@H](c3c(F)cccc3F)[C@@H]2C1. The van der Waals surface area contributed by atoms with Gasteiger partial charge in [-0.3, -0.25) is 4.90 Å². The lowest BCUT2D eigenvalue weighted by atomic mass is 9.58. The Labute approximate surface area is 162 Å². The molecular formula is C21H19F2N5. The van der Waals surface area contributed by atoms with Crippen molar-refractivity contribution < 1.29 is 8.78 Å². The number of rotatable bonds is 3. The van der Waals surface area contributed by atoms with Gasteiger partial charge in [0, 0.05) is 30.5 Å². The molecule has 7 heteroatoms. The first-order valence-electron chi connectivity index (χ1n) is 9.04. The highest BCUT2D eigenvalue weighted by atomic mass is 19.1. The van der Waals surface area contributed by atoms with Crippen LogP contribution in [0.3, 0.4) is 0 Å². The molecule has 5 nitrogen and oxygen atoms in total. The predicted molar refractivity (Wildman–Crippen MR) is 97.9 cm³/mol. The first kappa shape index (κ1) is 19.5. The Morgan fingerprint density at radius 2 is 1.86 bits per heavy atom. The smallest absolute Gasteiger partial charge is 0.191 e. The summed E-state index contributed by atoms with van der Waals surface area (Å²) in [5.74, 6) is -3.43. The van der Waals surface area contributed by atoms with Crippen molar-refractivity contribution in [2.24, 2.45) is 17.1 Å². The molecule has 0 fully saturated rings. The van der Waals surface area contributed by atoms with Crippen LogP contribution in [0.5, 0.6) is 0 Å². The van der Waals surface area contributed by atoms with Gasteiger partial charge < -0.3 is 5.73 Å². The third-order valence-electron chi connectivity index (χ3n) is 5.59. The normalized spacial score (nSPS) is 23.8. The number of hydrogen-bond acceptors (Lipinski definition) is 5. The number of nitrogens with two attached hydrogens (primary N) is 1. The number of nitriles is 3. The lowest BCUT2D eigenvalue weighted by Gasteiger charge is -2.45. The van der Waals surface area contributed by atoms with Crippen LogP contribution < -0.4 is 5.73 Å². The van der Waals surface area contributed by atoms with Crippen LogP contribution in [0.4, 0.5) is 8.78 Å². The molecular weight excluding hydrogens is 360 g/mol. The monoisotopic (exact) mass is 379 g/mol. The summed E-state index contributed by atoms with van der Waals surface area (Å²) >= 11 is 0. The molecule has 0 aromatic heterocycles. The minimum absolute atomic E-state index is 0.0669. The maximum absolute atomic E-state index is 14.7. The minimum Gasteiger partial charge on any atom is -0.399 e. The van der Waals surface area contributed by atoms with E-state index < -0.39 is 28.9 Å². The quantitative estimate of drug-likeness (QED) is 0.870. The van der Waals surface area contributed by atoms with Gasteiger partial charge in [0.2, 0.25) is 0 Å². The fourth-order valence-electron chi connectivity index (χ4n) is 4.36. The molecule has 0 bridgehead atoms. The highest BCUT2D eigenvalue weighted by Crippen LogP contribution is 2.54. The summed E-state index contributed by atoms with van der Waals surface area (Å²) in [6.07, 6.45) is 2.69. The van der Waals surface area contributed by atoms with Gasteiger partial charge in [0.15, 0.2) is 5.41 Å². The highest BCUT2D eigenvalue weighted by molar-refractivity contribution is 5.59. The Morgan fingerprint density at radius 3 is 2.39 bits per heavy atom. The van der Waals surface area contributed by atoms with Crippen molar-refractivity contribution in [1.29, 1.82) is 15.8 Å². The fourth-order valence-corrected chi connectivity index (χ4v) is 4.36. The number of allylic oxidation sites excluding steroid dienone is 2. The molecule has 1 aromatic rings. The molecule has 0 saturated carbocycles. The van der Waals surface area contributed by atoms with Crippen molar-refractivity contribution in [3.63, 3.8) is 0 Å². The molecule has 1 aliphatic heterocycles. The van der Waals surface area contributed by atoms with E-state index in [2.05, 4.69) is 4.90 Å². The van der Waals surface area contributed by atoms with E-state index in [1.165, 1.54) is 6.07 Å². The maximum atomic E-state index is 14.7. The van der Waals surface area contributed by atoms with Gasteiger partial charge in [-0.05, 0) is 30.7 Å². The van der Waals surface area contributed by atoms with Gasteiger partial charge in [0.05, 0.1) is 23.4 Å². The van der Waals surface area contributed by atoms with Crippen LogP contribution in [0.15, 0.2) is 41.1 Å². The molecule has 28 heavy (non-hydrogen) atoms. The van der Waals surface area contributed by atoms with Crippen LogP contribution in [0.25, 0.3) is 0 Å². The number of fused-ring (bicyclic) bond motifs is 1. The zero-order valence-electron chi connectivity index (χ0n) is 15.4. The third kappa shape index (κ3) is 2.74. The Balaban J connectivity index is 2.34. The Morgan fingerprint density at radius 1 is 1.21 bits per heavy atom. The molecule has 2 atom stereocenters. The molecule has 2 N–H and O–H groups in total. The molecule has 1 aliphatic carbocycles. The second kappa shape index (κ2) is 7.43. The van der Waals surface area contributed by atoms with Crippen LogP contribution in [0.2, 0.25) is 0 Å². The van der Waals surface area contributed by atoms with Gasteiger partial charge in [-0.15, -0.1) is 0 Å². The van der Waals surface area contributed by atoms with Crippen LogP contribution in [-0.4, -0.2) is 24.5 Å². The zero-order chi connectivity index (χ0) is 20.5. The van der Waals surface area contributed by atoms with Crippen molar-refractivity contribution in [1.82, 2.24) is 4.90 Å². The lowest BCUT2D eigenvalue weighted by molar-refractivity contribution is 0.203. The van der Waals surface area contributed by atoms with Gasteiger partial charge in [-0.1, -0.05) is 19.1 Å². The van der Waals surface area contributed by atoms with Crippen molar-refractivity contribution >= 4 is 0 Å². The van der Waals surface area contributed by atoms with Gasteiger partial charge in [0.1, 0.15) is 17.7 Å². The summed E-state index contributed by atoms with van der Waals surface area (Å²) in [5, 5.41) is 29.5. The van der Waals surface area contributed by atoms with E-state index in [4.69, 9.17) is 5.73 Å². The maximum Gasteiger partial charge on any atom is 0.191 e. The standard InChI is InChI=1S/C21H19F2N5/c1-2-7-28-8-6-13-14(9-24)20(27)21(11-25,12-26)19(15(13)10-28)18-16(22)4-3-5-17(18)23/h3-6,15,19H,2,7-8,10,27H2,1H3/t15-,19-/m1/s1. The van der Waals surface area contributed by atoms with Crippen molar-refractivity contribution in [3.05, 3.63) is 58.3 Å². The number of benzene rings is 1. The summed E-state index contributed by atoms with van der Waals surface area (Å²) in [6.45, 7) is 3.71.